The van der Waals surface area contributed by atoms with Gasteiger partial charge < -0.3 is 5.32 Å². The maximum absolute atomic E-state index is 14.2. The van der Waals surface area contributed by atoms with Crippen LogP contribution in [-0.4, -0.2) is 21.3 Å². The van der Waals surface area contributed by atoms with Crippen LogP contribution in [0.2, 0.25) is 0 Å². The zero-order valence-corrected chi connectivity index (χ0v) is 13.0. The van der Waals surface area contributed by atoms with Crippen molar-refractivity contribution < 1.29 is 8.78 Å². The van der Waals surface area contributed by atoms with Gasteiger partial charge >= 0.3 is 0 Å². The fraction of sp³-hybridized carbons (Fsp3) is 0.222. The second-order valence-corrected chi connectivity index (χ2v) is 5.84. The van der Waals surface area contributed by atoms with E-state index in [0.717, 1.165) is 35.9 Å². The smallest absolute Gasteiger partial charge is 0.135 e. The molecule has 4 nitrogen and oxygen atoms in total. The molecule has 1 aliphatic rings. The summed E-state index contributed by atoms with van der Waals surface area (Å²) < 4.78 is 29.4. The van der Waals surface area contributed by atoms with Gasteiger partial charge in [-0.05, 0) is 29.8 Å². The Labute approximate surface area is 138 Å². The Balaban J connectivity index is 1.80. The number of rotatable bonds is 3. The van der Waals surface area contributed by atoms with Gasteiger partial charge in [0.25, 0.3) is 0 Å². The van der Waals surface area contributed by atoms with Crippen molar-refractivity contribution in [2.75, 3.05) is 6.54 Å². The minimum atomic E-state index is -0.586. The maximum Gasteiger partial charge on any atom is 0.135 e. The maximum atomic E-state index is 14.2. The number of pyridine rings is 1. The van der Waals surface area contributed by atoms with E-state index < -0.39 is 11.6 Å². The van der Waals surface area contributed by atoms with Crippen LogP contribution in [0.5, 0.6) is 0 Å². The molecule has 0 saturated heterocycles. The minimum absolute atomic E-state index is 0.338. The number of nitrogens with zero attached hydrogens (tertiary/aromatic N) is 3. The molecule has 122 valence electrons. The van der Waals surface area contributed by atoms with Crippen LogP contribution in [-0.2, 0) is 19.5 Å². The van der Waals surface area contributed by atoms with Crippen molar-refractivity contribution in [3.05, 3.63) is 71.2 Å². The standard InChI is InChI=1S/C18H16F2N4/c19-13-1-2-14(16(20)9-13)18-15-10-22-8-5-17(15)24(23-18)11-12-3-6-21-7-4-12/h1-4,6-7,9,22H,5,8,10-11H2. The fourth-order valence-electron chi connectivity index (χ4n) is 3.11. The van der Waals surface area contributed by atoms with Crippen LogP contribution in [0.1, 0.15) is 16.8 Å². The van der Waals surface area contributed by atoms with Crippen LogP contribution >= 0.6 is 0 Å². The Bertz CT molecular complexity index is 874. The molecule has 3 aromatic rings. The molecule has 0 radical (unpaired) electrons. The van der Waals surface area contributed by atoms with Crippen molar-refractivity contribution in [1.82, 2.24) is 20.1 Å². The molecule has 0 fully saturated rings. The Hall–Kier alpha value is -2.60. The summed E-state index contributed by atoms with van der Waals surface area (Å²) in [6.45, 7) is 2.10. The van der Waals surface area contributed by atoms with Crippen molar-refractivity contribution in [3.63, 3.8) is 0 Å². The third-order valence-electron chi connectivity index (χ3n) is 4.27. The van der Waals surface area contributed by atoms with Gasteiger partial charge in [-0.1, -0.05) is 0 Å². The first-order valence-corrected chi connectivity index (χ1v) is 7.86. The molecule has 2 aromatic heterocycles. The topological polar surface area (TPSA) is 42.7 Å². The summed E-state index contributed by atoms with van der Waals surface area (Å²) in [7, 11) is 0. The van der Waals surface area contributed by atoms with Gasteiger partial charge in [-0.3, -0.25) is 9.67 Å². The van der Waals surface area contributed by atoms with Crippen LogP contribution < -0.4 is 5.32 Å². The monoisotopic (exact) mass is 326 g/mol. The Morgan fingerprint density at radius 1 is 1.12 bits per heavy atom. The predicted octanol–water partition coefficient (Wildman–Crippen LogP) is 2.92. The molecule has 1 aromatic carbocycles. The lowest BCUT2D eigenvalue weighted by Gasteiger charge is -2.16. The van der Waals surface area contributed by atoms with E-state index in [0.29, 0.717) is 24.3 Å². The molecule has 0 unspecified atom stereocenters. The van der Waals surface area contributed by atoms with Gasteiger partial charge in [-0.25, -0.2) is 8.78 Å². The summed E-state index contributed by atoms with van der Waals surface area (Å²) in [4.78, 5) is 4.02. The highest BCUT2D eigenvalue weighted by Gasteiger charge is 2.23. The first-order chi connectivity index (χ1) is 11.7. The molecule has 0 saturated carbocycles. The minimum Gasteiger partial charge on any atom is -0.312 e. The average molecular weight is 326 g/mol. The molecule has 0 atom stereocenters. The van der Waals surface area contributed by atoms with Crippen LogP contribution in [0.15, 0.2) is 42.7 Å². The summed E-state index contributed by atoms with van der Waals surface area (Å²) in [6, 6.07) is 7.50. The van der Waals surface area contributed by atoms with Crippen molar-refractivity contribution >= 4 is 0 Å². The van der Waals surface area contributed by atoms with E-state index in [-0.39, 0.29) is 0 Å². The molecule has 0 bridgehead atoms. The molecule has 0 amide bonds. The molecule has 1 aliphatic heterocycles. The Kier molecular flexibility index (Phi) is 3.82. The number of halogens is 2. The molecular weight excluding hydrogens is 310 g/mol. The first kappa shape index (κ1) is 15.0. The van der Waals surface area contributed by atoms with Crippen molar-refractivity contribution in [2.45, 2.75) is 19.5 Å². The molecule has 4 rings (SSSR count). The second kappa shape index (κ2) is 6.13. The summed E-state index contributed by atoms with van der Waals surface area (Å²) in [5.41, 5.74) is 4.10. The average Bonchev–Trinajstić information content (AvgIpc) is 2.95. The summed E-state index contributed by atoms with van der Waals surface area (Å²) in [6.07, 6.45) is 4.32. The van der Waals surface area contributed by atoms with E-state index in [1.807, 2.05) is 16.8 Å². The van der Waals surface area contributed by atoms with E-state index >= 15 is 0 Å². The molecular formula is C18H16F2N4. The lowest BCUT2D eigenvalue weighted by Crippen LogP contribution is -2.25. The number of nitrogens with one attached hydrogen (secondary N) is 1. The number of benzene rings is 1. The number of hydrogen-bond acceptors (Lipinski definition) is 3. The van der Waals surface area contributed by atoms with Crippen LogP contribution in [0.4, 0.5) is 8.78 Å². The highest BCUT2D eigenvalue weighted by atomic mass is 19.1. The molecule has 1 N–H and O–H groups in total. The van der Waals surface area contributed by atoms with Gasteiger partial charge in [0.1, 0.15) is 17.3 Å². The highest BCUT2D eigenvalue weighted by molar-refractivity contribution is 5.65. The number of fused-ring (bicyclic) bond motifs is 1. The highest BCUT2D eigenvalue weighted by Crippen LogP contribution is 2.30. The largest absolute Gasteiger partial charge is 0.312 e. The van der Waals surface area contributed by atoms with Gasteiger partial charge in [-0.2, -0.15) is 5.10 Å². The SMILES string of the molecule is Fc1ccc(-c2nn(Cc3ccncc3)c3c2CNCC3)c(F)c1. The Morgan fingerprint density at radius 3 is 2.75 bits per heavy atom. The third-order valence-corrected chi connectivity index (χ3v) is 4.27. The second-order valence-electron chi connectivity index (χ2n) is 5.84. The summed E-state index contributed by atoms with van der Waals surface area (Å²) in [5.74, 6) is -1.17. The molecule has 0 spiro atoms. The van der Waals surface area contributed by atoms with E-state index in [1.54, 1.807) is 12.4 Å². The van der Waals surface area contributed by atoms with Crippen molar-refractivity contribution in [2.24, 2.45) is 0 Å². The van der Waals surface area contributed by atoms with E-state index in [1.165, 1.54) is 12.1 Å². The lowest BCUT2D eigenvalue weighted by atomic mass is 10.0. The normalized spacial score (nSPS) is 13.8. The third kappa shape index (κ3) is 2.69. The fourth-order valence-corrected chi connectivity index (χ4v) is 3.11. The van der Waals surface area contributed by atoms with Crippen LogP contribution in [0, 0.1) is 11.6 Å². The van der Waals surface area contributed by atoms with Gasteiger partial charge in [0, 0.05) is 54.8 Å². The lowest BCUT2D eigenvalue weighted by molar-refractivity contribution is 0.582. The van der Waals surface area contributed by atoms with Crippen LogP contribution in [0.25, 0.3) is 11.3 Å². The van der Waals surface area contributed by atoms with Gasteiger partial charge in [-0.15, -0.1) is 0 Å². The van der Waals surface area contributed by atoms with E-state index in [4.69, 9.17) is 0 Å². The van der Waals surface area contributed by atoms with E-state index in [9.17, 15) is 8.78 Å². The predicted molar refractivity (Wildman–Crippen MR) is 86.3 cm³/mol. The van der Waals surface area contributed by atoms with Crippen molar-refractivity contribution in [1.29, 1.82) is 0 Å². The zero-order chi connectivity index (χ0) is 16.5. The Morgan fingerprint density at radius 2 is 1.96 bits per heavy atom. The molecule has 24 heavy (non-hydrogen) atoms. The summed E-state index contributed by atoms with van der Waals surface area (Å²) >= 11 is 0. The van der Waals surface area contributed by atoms with Gasteiger partial charge in [0.05, 0.1) is 6.54 Å². The summed E-state index contributed by atoms with van der Waals surface area (Å²) in [5, 5.41) is 7.94. The number of hydrogen-bond donors (Lipinski definition) is 1. The van der Waals surface area contributed by atoms with Crippen molar-refractivity contribution in [3.8, 4) is 11.3 Å². The molecule has 3 heterocycles. The van der Waals surface area contributed by atoms with E-state index in [2.05, 4.69) is 15.4 Å². The number of aromatic nitrogens is 3. The van der Waals surface area contributed by atoms with Crippen LogP contribution in [0.3, 0.4) is 0 Å². The van der Waals surface area contributed by atoms with Gasteiger partial charge in [0.2, 0.25) is 0 Å². The molecule has 0 aliphatic carbocycles. The first-order valence-electron chi connectivity index (χ1n) is 7.86. The van der Waals surface area contributed by atoms with Gasteiger partial charge in [0.15, 0.2) is 0 Å². The quantitative estimate of drug-likeness (QED) is 0.805. The zero-order valence-electron chi connectivity index (χ0n) is 13.0. The molecule has 6 heteroatoms.